The number of aromatic nitrogens is 6. The molecule has 10 nitrogen and oxygen atoms in total. The molecule has 3 aromatic heterocycles. The minimum atomic E-state index is -0.854. The molecule has 0 aliphatic rings. The van der Waals surface area contributed by atoms with Crippen molar-refractivity contribution >= 4 is 11.6 Å². The average Bonchev–Trinajstić information content (AvgIpc) is 3.41. The molecule has 4 rings (SSSR count). The highest BCUT2D eigenvalue weighted by Gasteiger charge is 2.17. The zero-order chi connectivity index (χ0) is 21.3. The number of aliphatic hydroxyl groups is 1. The molecule has 0 aliphatic carbocycles. The van der Waals surface area contributed by atoms with Gasteiger partial charge in [0.05, 0.1) is 18.0 Å². The fourth-order valence-electron chi connectivity index (χ4n) is 2.98. The number of rotatable bonds is 6. The van der Waals surface area contributed by atoms with Crippen LogP contribution in [0.1, 0.15) is 28.9 Å². The van der Waals surface area contributed by atoms with Crippen LogP contribution in [0.5, 0.6) is 0 Å². The minimum Gasteiger partial charge on any atom is -0.388 e. The largest absolute Gasteiger partial charge is 0.388 e. The highest BCUT2D eigenvalue weighted by molar-refractivity contribution is 6.30. The number of H-pyrrole nitrogens is 1. The van der Waals surface area contributed by atoms with Gasteiger partial charge in [0.15, 0.2) is 5.82 Å². The van der Waals surface area contributed by atoms with Crippen molar-refractivity contribution in [3.8, 4) is 5.69 Å². The monoisotopic (exact) mass is 428 g/mol. The van der Waals surface area contributed by atoms with E-state index in [9.17, 15) is 14.7 Å². The average molecular weight is 429 g/mol. The van der Waals surface area contributed by atoms with Crippen LogP contribution in [-0.4, -0.2) is 34.6 Å². The van der Waals surface area contributed by atoms with E-state index in [-0.39, 0.29) is 24.7 Å². The van der Waals surface area contributed by atoms with Gasteiger partial charge in [-0.15, -0.1) is 0 Å². The highest BCUT2D eigenvalue weighted by Crippen LogP contribution is 2.19. The minimum absolute atomic E-state index is 0.0804. The summed E-state index contributed by atoms with van der Waals surface area (Å²) >= 11 is 5.86. The van der Waals surface area contributed by atoms with Crippen molar-refractivity contribution in [3.63, 3.8) is 0 Å². The third kappa shape index (κ3) is 3.95. The van der Waals surface area contributed by atoms with Crippen LogP contribution in [-0.2, 0) is 13.0 Å². The molecule has 154 valence electrons. The molecule has 0 saturated carbocycles. The van der Waals surface area contributed by atoms with E-state index in [0.717, 1.165) is 4.57 Å². The number of hydrogen-bond acceptors (Lipinski definition) is 7. The molecule has 0 aliphatic heterocycles. The Hall–Kier alpha value is -3.50. The van der Waals surface area contributed by atoms with Crippen LogP contribution in [0.3, 0.4) is 0 Å². The predicted octanol–water partition coefficient (Wildman–Crippen LogP) is 1.39. The molecule has 3 heterocycles. The zero-order valence-corrected chi connectivity index (χ0v) is 16.6. The molecule has 0 saturated heterocycles. The van der Waals surface area contributed by atoms with E-state index < -0.39 is 17.4 Å². The molecule has 1 atom stereocenters. The molecule has 2 N–H and O–H groups in total. The highest BCUT2D eigenvalue weighted by atomic mass is 35.5. The van der Waals surface area contributed by atoms with Gasteiger partial charge in [-0.05, 0) is 24.6 Å². The van der Waals surface area contributed by atoms with Crippen molar-refractivity contribution in [1.82, 2.24) is 29.5 Å². The van der Waals surface area contributed by atoms with Gasteiger partial charge in [0.1, 0.15) is 6.54 Å². The van der Waals surface area contributed by atoms with Crippen molar-refractivity contribution in [2.45, 2.75) is 26.0 Å². The molecular weight excluding hydrogens is 412 g/mol. The summed E-state index contributed by atoms with van der Waals surface area (Å²) in [4.78, 5) is 29.5. The lowest BCUT2D eigenvalue weighted by Gasteiger charge is -2.08. The van der Waals surface area contributed by atoms with Gasteiger partial charge < -0.3 is 9.63 Å². The number of aromatic amines is 1. The van der Waals surface area contributed by atoms with Gasteiger partial charge in [-0.1, -0.05) is 28.9 Å². The van der Waals surface area contributed by atoms with Gasteiger partial charge in [-0.3, -0.25) is 19.0 Å². The second-order valence-corrected chi connectivity index (χ2v) is 7.12. The van der Waals surface area contributed by atoms with E-state index in [4.69, 9.17) is 16.1 Å². The summed E-state index contributed by atoms with van der Waals surface area (Å²) in [6, 6.07) is 6.77. The van der Waals surface area contributed by atoms with E-state index in [0.29, 0.717) is 21.8 Å². The Morgan fingerprint density at radius 2 is 2.03 bits per heavy atom. The Morgan fingerprint density at radius 1 is 1.27 bits per heavy atom. The van der Waals surface area contributed by atoms with Crippen molar-refractivity contribution < 1.29 is 9.63 Å². The third-order valence-electron chi connectivity index (χ3n) is 4.54. The summed E-state index contributed by atoms with van der Waals surface area (Å²) in [7, 11) is 0. The van der Waals surface area contributed by atoms with Crippen LogP contribution in [0.15, 0.2) is 57.0 Å². The molecule has 0 fully saturated rings. The van der Waals surface area contributed by atoms with Crippen LogP contribution < -0.4 is 11.2 Å². The second kappa shape index (κ2) is 8.09. The number of aryl methyl sites for hydroxylation is 1. The molecule has 0 unspecified atom stereocenters. The number of aliphatic hydroxyl groups excluding tert-OH is 1. The van der Waals surface area contributed by atoms with Crippen molar-refractivity contribution in [3.05, 3.63) is 91.6 Å². The molecule has 4 aromatic rings. The maximum Gasteiger partial charge on any atom is 0.336 e. The summed E-state index contributed by atoms with van der Waals surface area (Å²) in [6.45, 7) is 1.41. The van der Waals surface area contributed by atoms with E-state index >= 15 is 0 Å². The lowest BCUT2D eigenvalue weighted by atomic mass is 10.1. The van der Waals surface area contributed by atoms with Crippen molar-refractivity contribution in [2.75, 3.05) is 0 Å². The fraction of sp³-hybridized carbons (Fsp3) is 0.211. The van der Waals surface area contributed by atoms with Crippen molar-refractivity contribution in [1.29, 1.82) is 0 Å². The molecule has 0 spiro atoms. The van der Waals surface area contributed by atoms with Gasteiger partial charge >= 0.3 is 5.69 Å². The maximum atomic E-state index is 12.8. The first kappa shape index (κ1) is 19.8. The van der Waals surface area contributed by atoms with Crippen LogP contribution >= 0.6 is 11.6 Å². The first-order chi connectivity index (χ1) is 14.4. The first-order valence-electron chi connectivity index (χ1n) is 8.99. The van der Waals surface area contributed by atoms with Gasteiger partial charge in [-0.25, -0.2) is 4.79 Å². The third-order valence-corrected chi connectivity index (χ3v) is 4.79. The molecule has 0 radical (unpaired) electrons. The van der Waals surface area contributed by atoms with E-state index in [1.807, 2.05) is 0 Å². The molecule has 0 amide bonds. The van der Waals surface area contributed by atoms with Gasteiger partial charge in [0.2, 0.25) is 5.89 Å². The Morgan fingerprint density at radius 3 is 2.73 bits per heavy atom. The molecular formula is C19H17ClN6O4. The van der Waals surface area contributed by atoms with E-state index in [1.54, 1.807) is 37.4 Å². The Bertz CT molecular complexity index is 1270. The molecule has 30 heavy (non-hydrogen) atoms. The van der Waals surface area contributed by atoms with Crippen LogP contribution in [0.4, 0.5) is 0 Å². The summed E-state index contributed by atoms with van der Waals surface area (Å²) < 4.78 is 7.50. The topological polar surface area (TPSA) is 132 Å². The second-order valence-electron chi connectivity index (χ2n) is 6.69. The van der Waals surface area contributed by atoms with Gasteiger partial charge in [0, 0.05) is 29.4 Å². The maximum absolute atomic E-state index is 12.8. The van der Waals surface area contributed by atoms with Crippen LogP contribution in [0.2, 0.25) is 5.02 Å². The Labute approximate surface area is 174 Å². The quantitative estimate of drug-likeness (QED) is 0.474. The lowest BCUT2D eigenvalue weighted by molar-refractivity contribution is 0.174. The van der Waals surface area contributed by atoms with Crippen molar-refractivity contribution in [2.24, 2.45) is 0 Å². The van der Waals surface area contributed by atoms with Gasteiger partial charge in [0.25, 0.3) is 5.56 Å². The van der Waals surface area contributed by atoms with Crippen LogP contribution in [0, 0.1) is 6.92 Å². The SMILES string of the molecule is Cc1cn(-c2cn[nH]c2)c(=O)n(Cc2nc(C[C@H](O)c3ccc(Cl)cc3)no2)c1=O. The van der Waals surface area contributed by atoms with Gasteiger partial charge in [-0.2, -0.15) is 10.1 Å². The Kier molecular flexibility index (Phi) is 5.34. The summed E-state index contributed by atoms with van der Waals surface area (Å²) in [5.74, 6) is 0.333. The standard InChI is InChI=1S/C19H17ClN6O4/c1-11-9-25(14-7-21-22-8-14)19(29)26(18(11)28)10-17-23-16(24-30-17)6-15(27)12-2-4-13(20)5-3-12/h2-5,7-9,15,27H,6,10H2,1H3,(H,21,22)/t15-/m0/s1. The molecule has 1 aromatic carbocycles. The number of benzene rings is 1. The lowest BCUT2D eigenvalue weighted by Crippen LogP contribution is -2.40. The Balaban J connectivity index is 1.57. The van der Waals surface area contributed by atoms with E-state index in [1.165, 1.54) is 17.0 Å². The normalized spacial score (nSPS) is 12.2. The summed E-state index contributed by atoms with van der Waals surface area (Å²) in [6.07, 6.45) is 3.71. The number of nitrogens with zero attached hydrogens (tertiary/aromatic N) is 5. The summed E-state index contributed by atoms with van der Waals surface area (Å²) in [5.41, 5.74) is 0.500. The number of nitrogens with one attached hydrogen (secondary N) is 1. The molecule has 0 bridgehead atoms. The number of hydrogen-bond donors (Lipinski definition) is 2. The molecule has 11 heteroatoms. The van der Waals surface area contributed by atoms with Crippen LogP contribution in [0.25, 0.3) is 5.69 Å². The number of halogens is 1. The van der Waals surface area contributed by atoms with E-state index in [2.05, 4.69) is 20.3 Å². The summed E-state index contributed by atoms with van der Waals surface area (Å²) in [5, 5.41) is 21.2. The first-order valence-corrected chi connectivity index (χ1v) is 9.37. The predicted molar refractivity (Wildman–Crippen MR) is 107 cm³/mol. The fourth-order valence-corrected chi connectivity index (χ4v) is 3.11. The zero-order valence-electron chi connectivity index (χ0n) is 15.8. The smallest absolute Gasteiger partial charge is 0.336 e.